The molecular formula is C34H45N3O6. The van der Waals surface area contributed by atoms with Gasteiger partial charge in [0.2, 0.25) is 5.79 Å². The summed E-state index contributed by atoms with van der Waals surface area (Å²) in [4.78, 5) is 5.67. The summed E-state index contributed by atoms with van der Waals surface area (Å²) >= 11 is 0. The molecule has 2 aliphatic heterocycles. The lowest BCUT2D eigenvalue weighted by atomic mass is 9.46. The Balaban J connectivity index is 1.11. The van der Waals surface area contributed by atoms with E-state index in [1.165, 1.54) is 16.8 Å². The predicted molar refractivity (Wildman–Crippen MR) is 163 cm³/mol. The number of rotatable bonds is 6. The summed E-state index contributed by atoms with van der Waals surface area (Å²) in [7, 11) is 4.05. The van der Waals surface area contributed by atoms with E-state index < -0.39 is 11.4 Å². The highest BCUT2D eigenvalue weighted by Crippen LogP contribution is 2.70. The fourth-order valence-corrected chi connectivity index (χ4v) is 9.41. The molecule has 7 atom stereocenters. The van der Waals surface area contributed by atoms with Gasteiger partial charge in [0.1, 0.15) is 30.3 Å². The van der Waals surface area contributed by atoms with Crippen LogP contribution in [0.15, 0.2) is 58.3 Å². The minimum atomic E-state index is -0.836. The maximum atomic E-state index is 6.62. The molecule has 1 aromatic rings. The molecule has 9 nitrogen and oxygen atoms in total. The van der Waals surface area contributed by atoms with Crippen molar-refractivity contribution >= 4 is 11.4 Å². The van der Waals surface area contributed by atoms with E-state index in [1.807, 2.05) is 43.4 Å². The van der Waals surface area contributed by atoms with Gasteiger partial charge < -0.3 is 33.5 Å². The maximum Gasteiger partial charge on any atom is 0.226 e. The van der Waals surface area contributed by atoms with Crippen molar-refractivity contribution in [1.29, 1.82) is 0 Å². The molecule has 0 aromatic heterocycles. The third-order valence-corrected chi connectivity index (χ3v) is 11.3. The maximum absolute atomic E-state index is 6.62. The Morgan fingerprint density at radius 3 is 2.60 bits per heavy atom. The monoisotopic (exact) mass is 591 g/mol. The summed E-state index contributed by atoms with van der Waals surface area (Å²) in [5, 5.41) is 11.6. The second-order valence-corrected chi connectivity index (χ2v) is 13.8. The molecule has 43 heavy (non-hydrogen) atoms. The van der Waals surface area contributed by atoms with E-state index >= 15 is 0 Å². The second-order valence-electron chi connectivity index (χ2n) is 13.8. The topological polar surface area (TPSA) is 83.3 Å². The minimum Gasteiger partial charge on any atom is -0.490 e. The number of benzene rings is 1. The van der Waals surface area contributed by atoms with Crippen molar-refractivity contribution in [3.8, 4) is 5.75 Å². The molecule has 232 valence electrons. The van der Waals surface area contributed by atoms with Gasteiger partial charge in [-0.1, -0.05) is 48.3 Å². The van der Waals surface area contributed by atoms with E-state index in [9.17, 15) is 0 Å². The van der Waals surface area contributed by atoms with Crippen molar-refractivity contribution < 1.29 is 28.5 Å². The van der Waals surface area contributed by atoms with Crippen LogP contribution in [-0.2, 0) is 23.8 Å². The van der Waals surface area contributed by atoms with Crippen LogP contribution in [0.1, 0.15) is 51.5 Å². The third-order valence-electron chi connectivity index (χ3n) is 11.3. The summed E-state index contributed by atoms with van der Waals surface area (Å²) in [6, 6.07) is 8.03. The summed E-state index contributed by atoms with van der Waals surface area (Å²) < 4.78 is 30.6. The Bertz CT molecular complexity index is 1340. The van der Waals surface area contributed by atoms with Crippen LogP contribution in [0, 0.1) is 35.5 Å². The smallest absolute Gasteiger partial charge is 0.226 e. The first-order valence-corrected chi connectivity index (χ1v) is 15.7. The van der Waals surface area contributed by atoms with Crippen LogP contribution in [-0.4, -0.2) is 75.3 Å². The van der Waals surface area contributed by atoms with E-state index in [4.69, 9.17) is 33.6 Å². The van der Waals surface area contributed by atoms with Crippen molar-refractivity contribution in [2.24, 2.45) is 38.8 Å². The molecule has 0 bridgehead atoms. The molecule has 2 saturated heterocycles. The van der Waals surface area contributed by atoms with Gasteiger partial charge in [-0.05, 0) is 75.1 Å². The summed E-state index contributed by atoms with van der Waals surface area (Å²) in [5.74, 6) is 1.24. The standard InChI is InChI=1S/C34H45N3O6/c1-23-6-9-26(10-7-23)39-16-17-43-36-25-12-14-31(2)24(18-25)8-11-27-28-13-15-33(34(42-22-40-33)20-38-21-41-34)32(28,3)19-29(30(27)31)35-37(4)5/h6-7,9-10,12,14,18,27-28,30H,8,11,13,15-17,19-22H2,1-5H3/b35-29-,36-25+/t27-,28-,30+,31-,32-,33+,34?/m0/s1. The zero-order chi connectivity index (χ0) is 29.9. The number of nitrogens with zero attached hydrogens (tertiary/aromatic N) is 3. The summed E-state index contributed by atoms with van der Waals surface area (Å²) in [6.45, 7) is 8.60. The molecule has 7 rings (SSSR count). The van der Waals surface area contributed by atoms with Gasteiger partial charge in [0, 0.05) is 36.6 Å². The first-order chi connectivity index (χ1) is 20.7. The molecule has 0 radical (unpaired) electrons. The predicted octanol–water partition coefficient (Wildman–Crippen LogP) is 5.46. The lowest BCUT2D eigenvalue weighted by molar-refractivity contribution is -0.242. The number of ether oxygens (including phenoxy) is 5. The van der Waals surface area contributed by atoms with Crippen LogP contribution in [0.25, 0.3) is 0 Å². The average Bonchev–Trinajstić information content (AvgIpc) is 3.68. The molecule has 3 saturated carbocycles. The second kappa shape index (κ2) is 10.7. The van der Waals surface area contributed by atoms with E-state index in [-0.39, 0.29) is 24.4 Å². The average molecular weight is 592 g/mol. The highest BCUT2D eigenvalue weighted by Gasteiger charge is 2.76. The van der Waals surface area contributed by atoms with E-state index in [0.717, 1.165) is 43.6 Å². The number of hydrogen-bond donors (Lipinski definition) is 0. The van der Waals surface area contributed by atoms with Crippen LogP contribution < -0.4 is 4.74 Å². The quantitative estimate of drug-likeness (QED) is 0.321. The van der Waals surface area contributed by atoms with E-state index in [0.29, 0.717) is 37.6 Å². The van der Waals surface area contributed by atoms with Gasteiger partial charge >= 0.3 is 0 Å². The Morgan fingerprint density at radius 2 is 1.84 bits per heavy atom. The Kier molecular flexibility index (Phi) is 7.23. The Hall–Kier alpha value is -2.72. The molecule has 1 unspecified atom stereocenters. The largest absolute Gasteiger partial charge is 0.490 e. The van der Waals surface area contributed by atoms with Gasteiger partial charge in [-0.2, -0.15) is 5.10 Å². The molecule has 6 aliphatic rings. The zero-order valence-electron chi connectivity index (χ0n) is 26.1. The van der Waals surface area contributed by atoms with Crippen LogP contribution in [0.5, 0.6) is 5.75 Å². The highest BCUT2D eigenvalue weighted by atomic mass is 16.9. The van der Waals surface area contributed by atoms with Gasteiger partial charge in [-0.15, -0.1) is 0 Å². The van der Waals surface area contributed by atoms with Crippen molar-refractivity contribution in [2.45, 2.75) is 64.3 Å². The Morgan fingerprint density at radius 1 is 1.02 bits per heavy atom. The fraction of sp³-hybridized carbons (Fsp3) is 0.647. The van der Waals surface area contributed by atoms with Gasteiger partial charge in [0.25, 0.3) is 0 Å². The number of oxime groups is 1. The van der Waals surface area contributed by atoms with E-state index in [2.05, 4.69) is 44.2 Å². The SMILES string of the molecule is Cc1ccc(OCCO/N=C2\C=C[C@@]3(C)C(=C2)CC[C@@H]2[C@@H]3/C(=N\N(C)C)C[C@@]3(C)[C@H]2CC[C@@]32OCOC23COCO3)cc1. The minimum absolute atomic E-state index is 0.139. The third kappa shape index (κ3) is 4.49. The summed E-state index contributed by atoms with van der Waals surface area (Å²) in [6.07, 6.45) is 11.7. The van der Waals surface area contributed by atoms with Crippen LogP contribution in [0.4, 0.5) is 0 Å². The van der Waals surface area contributed by atoms with Crippen molar-refractivity contribution in [3.63, 3.8) is 0 Å². The number of hydrogen-bond acceptors (Lipinski definition) is 9. The molecule has 5 fully saturated rings. The molecule has 0 N–H and O–H groups in total. The van der Waals surface area contributed by atoms with Crippen molar-refractivity contribution in [2.75, 3.05) is 47.5 Å². The van der Waals surface area contributed by atoms with Gasteiger partial charge in [-0.25, -0.2) is 0 Å². The number of fused-ring (bicyclic) bond motifs is 7. The number of aryl methyl sites for hydroxylation is 1. The van der Waals surface area contributed by atoms with Gasteiger partial charge in [0.15, 0.2) is 20.2 Å². The van der Waals surface area contributed by atoms with Crippen LogP contribution in [0.2, 0.25) is 0 Å². The highest BCUT2D eigenvalue weighted by molar-refractivity contribution is 6.06. The normalized spacial score (nSPS) is 41.4. The fourth-order valence-electron chi connectivity index (χ4n) is 9.41. The first-order valence-electron chi connectivity index (χ1n) is 15.7. The molecular weight excluding hydrogens is 546 g/mol. The van der Waals surface area contributed by atoms with Crippen LogP contribution >= 0.6 is 0 Å². The number of allylic oxidation sites excluding steroid dienone is 4. The van der Waals surface area contributed by atoms with Gasteiger partial charge in [0.05, 0.1) is 0 Å². The molecule has 9 heteroatoms. The lowest BCUT2D eigenvalue weighted by Crippen LogP contribution is -2.65. The number of hydrazone groups is 1. The molecule has 1 aromatic carbocycles. The van der Waals surface area contributed by atoms with Crippen molar-refractivity contribution in [3.05, 3.63) is 53.6 Å². The molecule has 2 heterocycles. The zero-order valence-corrected chi connectivity index (χ0v) is 26.1. The molecule has 2 spiro atoms. The Labute approximate surface area is 254 Å². The van der Waals surface area contributed by atoms with Gasteiger partial charge in [-0.3, -0.25) is 0 Å². The lowest BCUT2D eigenvalue weighted by Gasteiger charge is -2.59. The molecule has 4 aliphatic carbocycles. The van der Waals surface area contributed by atoms with Crippen LogP contribution in [0.3, 0.4) is 0 Å². The first kappa shape index (κ1) is 29.0. The molecule has 0 amide bonds. The van der Waals surface area contributed by atoms with Crippen molar-refractivity contribution in [1.82, 2.24) is 5.01 Å². The summed E-state index contributed by atoms with van der Waals surface area (Å²) in [5.41, 5.74) is 3.85. The van der Waals surface area contributed by atoms with E-state index in [1.54, 1.807) is 0 Å².